The van der Waals surface area contributed by atoms with Gasteiger partial charge in [0.05, 0.1) is 0 Å². The third-order valence-electron chi connectivity index (χ3n) is 5.54. The summed E-state index contributed by atoms with van der Waals surface area (Å²) in [6.45, 7) is 3.10. The number of hydrogen-bond acceptors (Lipinski definition) is 3. The monoisotopic (exact) mass is 372 g/mol. The first-order valence-electron chi connectivity index (χ1n) is 9.38. The predicted molar refractivity (Wildman–Crippen MR) is 108 cm³/mol. The lowest BCUT2D eigenvalue weighted by Crippen LogP contribution is -2.44. The molecule has 26 heavy (non-hydrogen) atoms. The molecule has 140 valence electrons. The van der Waals surface area contributed by atoms with E-state index in [0.29, 0.717) is 19.4 Å². The number of hydrogen-bond donors (Lipinski definition) is 0. The van der Waals surface area contributed by atoms with Crippen molar-refractivity contribution in [2.24, 2.45) is 5.41 Å². The Morgan fingerprint density at radius 2 is 1.96 bits per heavy atom. The fourth-order valence-electron chi connectivity index (χ4n) is 3.94. The number of rotatable bonds is 6. The van der Waals surface area contributed by atoms with Crippen LogP contribution in [-0.4, -0.2) is 59.8 Å². The molecule has 0 atom stereocenters. The van der Waals surface area contributed by atoms with Gasteiger partial charge in [-0.2, -0.15) is 11.8 Å². The van der Waals surface area contributed by atoms with Gasteiger partial charge in [0.15, 0.2) is 0 Å². The van der Waals surface area contributed by atoms with E-state index in [4.69, 9.17) is 0 Å². The molecule has 2 aliphatic rings. The van der Waals surface area contributed by atoms with Crippen LogP contribution in [0.4, 0.5) is 0 Å². The molecule has 5 heteroatoms. The second kappa shape index (κ2) is 8.76. The Labute approximate surface area is 160 Å². The highest BCUT2D eigenvalue weighted by atomic mass is 32.2. The summed E-state index contributed by atoms with van der Waals surface area (Å²) in [4.78, 5) is 28.6. The van der Waals surface area contributed by atoms with E-state index < -0.39 is 0 Å². The van der Waals surface area contributed by atoms with Crippen LogP contribution in [0.3, 0.4) is 0 Å². The number of thioether (sulfide) groups is 1. The Kier molecular flexibility index (Phi) is 6.41. The SMILES string of the molecule is CSCCC(=O)N1CCC2(CC1)CC(=O)N(C/C=C/c1ccccc1)C2. The number of piperidine rings is 1. The van der Waals surface area contributed by atoms with Crippen molar-refractivity contribution in [3.05, 3.63) is 42.0 Å². The lowest BCUT2D eigenvalue weighted by atomic mass is 9.77. The molecule has 0 aromatic heterocycles. The van der Waals surface area contributed by atoms with Gasteiger partial charge in [0.2, 0.25) is 11.8 Å². The number of carbonyl (C=O) groups is 2. The van der Waals surface area contributed by atoms with Gasteiger partial charge in [-0.05, 0) is 24.7 Å². The van der Waals surface area contributed by atoms with E-state index in [0.717, 1.165) is 43.8 Å². The normalized spacial score (nSPS) is 19.7. The van der Waals surface area contributed by atoms with Crippen LogP contribution in [0.15, 0.2) is 36.4 Å². The fraction of sp³-hybridized carbons (Fsp3) is 0.524. The molecule has 0 unspecified atom stereocenters. The van der Waals surface area contributed by atoms with E-state index in [1.165, 1.54) is 0 Å². The Bertz CT molecular complexity index is 651. The van der Waals surface area contributed by atoms with Crippen LogP contribution >= 0.6 is 11.8 Å². The summed E-state index contributed by atoms with van der Waals surface area (Å²) in [5, 5.41) is 0. The van der Waals surface area contributed by atoms with Crippen LogP contribution in [0.25, 0.3) is 6.08 Å². The molecule has 2 heterocycles. The number of nitrogens with zero attached hydrogens (tertiary/aromatic N) is 2. The van der Waals surface area contributed by atoms with Gasteiger partial charge in [0.25, 0.3) is 0 Å². The van der Waals surface area contributed by atoms with Gasteiger partial charge in [-0.25, -0.2) is 0 Å². The summed E-state index contributed by atoms with van der Waals surface area (Å²) in [5.74, 6) is 1.41. The van der Waals surface area contributed by atoms with Gasteiger partial charge in [-0.1, -0.05) is 42.5 Å². The first kappa shape index (κ1) is 19.0. The molecule has 3 rings (SSSR count). The average molecular weight is 373 g/mol. The van der Waals surface area contributed by atoms with Crippen LogP contribution in [0, 0.1) is 5.41 Å². The maximum Gasteiger partial charge on any atom is 0.223 e. The van der Waals surface area contributed by atoms with Crippen molar-refractivity contribution in [2.75, 3.05) is 38.2 Å². The molecule has 0 N–H and O–H groups in total. The third-order valence-corrected chi connectivity index (χ3v) is 6.15. The summed E-state index contributed by atoms with van der Waals surface area (Å²) in [5.41, 5.74) is 1.24. The topological polar surface area (TPSA) is 40.6 Å². The van der Waals surface area contributed by atoms with Crippen LogP contribution in [-0.2, 0) is 9.59 Å². The molecule has 0 radical (unpaired) electrons. The number of benzene rings is 1. The molecule has 0 bridgehead atoms. The smallest absolute Gasteiger partial charge is 0.223 e. The van der Waals surface area contributed by atoms with E-state index >= 15 is 0 Å². The molecule has 0 aliphatic carbocycles. The standard InChI is InChI=1S/C21H28N2O2S/c1-26-15-9-19(24)22-13-10-21(11-14-22)16-20(25)23(17-21)12-5-8-18-6-3-2-4-7-18/h2-8H,9-17H2,1H3/b8-5+. The van der Waals surface area contributed by atoms with Crippen LogP contribution in [0.5, 0.6) is 0 Å². The second-order valence-corrected chi connectivity index (χ2v) is 8.37. The van der Waals surface area contributed by atoms with Gasteiger partial charge < -0.3 is 9.80 Å². The third kappa shape index (κ3) is 4.70. The first-order valence-corrected chi connectivity index (χ1v) is 10.8. The Morgan fingerprint density at radius 3 is 2.65 bits per heavy atom. The molecule has 1 aromatic rings. The van der Waals surface area contributed by atoms with Crippen molar-refractivity contribution in [3.63, 3.8) is 0 Å². The van der Waals surface area contributed by atoms with Gasteiger partial charge in [-0.15, -0.1) is 0 Å². The minimum absolute atomic E-state index is 0.0773. The maximum atomic E-state index is 12.5. The Morgan fingerprint density at radius 1 is 1.23 bits per heavy atom. The molecule has 1 spiro atoms. The van der Waals surface area contributed by atoms with E-state index in [9.17, 15) is 9.59 Å². The van der Waals surface area contributed by atoms with E-state index in [1.807, 2.05) is 34.3 Å². The minimum atomic E-state index is 0.0773. The number of carbonyl (C=O) groups excluding carboxylic acids is 2. The lowest BCUT2D eigenvalue weighted by molar-refractivity contribution is -0.132. The highest BCUT2D eigenvalue weighted by Crippen LogP contribution is 2.41. The molecule has 2 aliphatic heterocycles. The Balaban J connectivity index is 1.50. The molecular formula is C21H28N2O2S. The second-order valence-electron chi connectivity index (χ2n) is 7.39. The van der Waals surface area contributed by atoms with Crippen molar-refractivity contribution >= 4 is 29.7 Å². The van der Waals surface area contributed by atoms with Crippen molar-refractivity contribution < 1.29 is 9.59 Å². The number of likely N-dealkylation sites (tertiary alicyclic amines) is 2. The van der Waals surface area contributed by atoms with Crippen LogP contribution in [0.2, 0.25) is 0 Å². The quantitative estimate of drug-likeness (QED) is 0.769. The fourth-order valence-corrected chi connectivity index (χ4v) is 4.32. The molecular weight excluding hydrogens is 344 g/mol. The number of amides is 2. The molecule has 2 amide bonds. The van der Waals surface area contributed by atoms with Crippen molar-refractivity contribution in [1.82, 2.24) is 9.80 Å². The van der Waals surface area contributed by atoms with Gasteiger partial charge in [-0.3, -0.25) is 9.59 Å². The first-order chi connectivity index (χ1) is 12.6. The van der Waals surface area contributed by atoms with Gasteiger partial charge in [0, 0.05) is 50.2 Å². The highest BCUT2D eigenvalue weighted by molar-refractivity contribution is 7.98. The van der Waals surface area contributed by atoms with Crippen LogP contribution < -0.4 is 0 Å². The van der Waals surface area contributed by atoms with Crippen molar-refractivity contribution in [3.8, 4) is 0 Å². The summed E-state index contributed by atoms with van der Waals surface area (Å²) >= 11 is 1.71. The van der Waals surface area contributed by atoms with Crippen molar-refractivity contribution in [1.29, 1.82) is 0 Å². The summed E-state index contributed by atoms with van der Waals surface area (Å²) in [7, 11) is 0. The molecule has 4 nitrogen and oxygen atoms in total. The lowest BCUT2D eigenvalue weighted by Gasteiger charge is -2.38. The summed E-state index contributed by atoms with van der Waals surface area (Å²) in [6, 6.07) is 10.2. The van der Waals surface area contributed by atoms with Crippen LogP contribution in [0.1, 0.15) is 31.2 Å². The molecule has 2 saturated heterocycles. The summed E-state index contributed by atoms with van der Waals surface area (Å²) in [6.07, 6.45) is 9.34. The summed E-state index contributed by atoms with van der Waals surface area (Å²) < 4.78 is 0. The van der Waals surface area contributed by atoms with Gasteiger partial charge >= 0.3 is 0 Å². The average Bonchev–Trinajstić information content (AvgIpc) is 2.96. The maximum absolute atomic E-state index is 12.5. The molecule has 0 saturated carbocycles. The Hall–Kier alpha value is -1.75. The van der Waals surface area contributed by atoms with E-state index in [1.54, 1.807) is 11.8 Å². The van der Waals surface area contributed by atoms with E-state index in [2.05, 4.69) is 24.3 Å². The highest BCUT2D eigenvalue weighted by Gasteiger charge is 2.44. The zero-order valence-corrected chi connectivity index (χ0v) is 16.3. The molecule has 1 aromatic carbocycles. The van der Waals surface area contributed by atoms with E-state index in [-0.39, 0.29) is 17.2 Å². The zero-order valence-electron chi connectivity index (χ0n) is 15.5. The molecule has 2 fully saturated rings. The predicted octanol–water partition coefficient (Wildman–Crippen LogP) is 3.29. The van der Waals surface area contributed by atoms with Gasteiger partial charge in [0.1, 0.15) is 0 Å². The zero-order chi connectivity index (χ0) is 18.4. The minimum Gasteiger partial charge on any atom is -0.343 e. The largest absolute Gasteiger partial charge is 0.343 e. The van der Waals surface area contributed by atoms with Crippen molar-refractivity contribution in [2.45, 2.75) is 25.7 Å².